The molecule has 36 heavy (non-hydrogen) atoms. The van der Waals surface area contributed by atoms with E-state index in [4.69, 9.17) is 16.0 Å². The van der Waals surface area contributed by atoms with Gasteiger partial charge >= 0.3 is 6.09 Å². The third-order valence-corrected chi connectivity index (χ3v) is 12.5. The van der Waals surface area contributed by atoms with E-state index in [9.17, 15) is 23.4 Å². The van der Waals surface area contributed by atoms with Crippen LogP contribution in [-0.4, -0.2) is 63.9 Å². The van der Waals surface area contributed by atoms with E-state index in [1.165, 1.54) is 12.1 Å². The van der Waals surface area contributed by atoms with E-state index >= 15 is 0 Å². The topological polar surface area (TPSA) is 107 Å². The number of nitrogens with zero attached hydrogens (tertiary/aromatic N) is 2. The van der Waals surface area contributed by atoms with Gasteiger partial charge < -0.3 is 14.6 Å². The molecule has 0 bridgehead atoms. The van der Waals surface area contributed by atoms with Gasteiger partial charge in [-0.25, -0.2) is 13.2 Å². The molecule has 0 radical (unpaired) electrons. The van der Waals surface area contributed by atoms with E-state index in [0.29, 0.717) is 25.2 Å². The van der Waals surface area contributed by atoms with Gasteiger partial charge in [0.2, 0.25) is 10.0 Å². The number of hydrogen-bond acceptors (Lipinski definition) is 6. The molecule has 2 aromatic rings. The van der Waals surface area contributed by atoms with Crippen molar-refractivity contribution in [1.29, 1.82) is 0 Å². The van der Waals surface area contributed by atoms with Crippen LogP contribution in [0.3, 0.4) is 0 Å². The standard InChI is InChI=1S/C25H37ClN2O6SSi/c1-5-36(6-2,7-3)34-24(19-27(15-16-29)18-20-11-9-8-10-12-20)21-13-14-22(26)23(17-21)28(25(30)31)35(4,32)33/h8-14,17,24,29H,5-7,15-16,18-19H2,1-4H3,(H,30,31). The van der Waals surface area contributed by atoms with Crippen molar-refractivity contribution in [2.24, 2.45) is 0 Å². The zero-order valence-corrected chi connectivity index (χ0v) is 23.9. The summed E-state index contributed by atoms with van der Waals surface area (Å²) in [5, 5.41) is 19.4. The van der Waals surface area contributed by atoms with Crippen molar-refractivity contribution < 1.29 is 27.9 Å². The zero-order valence-electron chi connectivity index (χ0n) is 21.4. The zero-order chi connectivity index (χ0) is 26.9. The van der Waals surface area contributed by atoms with Crippen molar-refractivity contribution in [3.05, 3.63) is 64.7 Å². The number of aliphatic hydroxyl groups excluding tert-OH is 1. The molecule has 8 nitrogen and oxygen atoms in total. The van der Waals surface area contributed by atoms with Crippen LogP contribution in [0, 0.1) is 0 Å². The van der Waals surface area contributed by atoms with Crippen LogP contribution in [0.4, 0.5) is 10.5 Å². The minimum Gasteiger partial charge on any atom is -0.464 e. The average molecular weight is 557 g/mol. The predicted octanol–water partition coefficient (Wildman–Crippen LogP) is 5.34. The Labute approximate surface area is 220 Å². The number of sulfonamides is 1. The number of anilines is 1. The molecule has 2 rings (SSSR count). The highest BCUT2D eigenvalue weighted by atomic mass is 35.5. The van der Waals surface area contributed by atoms with Gasteiger partial charge in [-0.15, -0.1) is 0 Å². The van der Waals surface area contributed by atoms with Crippen molar-refractivity contribution in [2.45, 2.75) is 51.6 Å². The summed E-state index contributed by atoms with van der Waals surface area (Å²) >= 11 is 6.28. The van der Waals surface area contributed by atoms with Crippen molar-refractivity contribution in [3.63, 3.8) is 0 Å². The third kappa shape index (κ3) is 8.02. The molecule has 0 spiro atoms. The molecule has 2 aromatic carbocycles. The first-order valence-corrected chi connectivity index (χ1v) is 16.8. The number of carbonyl (C=O) groups is 1. The highest BCUT2D eigenvalue weighted by Crippen LogP contribution is 2.35. The SMILES string of the molecule is CC[Si](CC)(CC)OC(CN(CCO)Cc1ccccc1)c1ccc(Cl)c(N(C(=O)O)S(C)(=O)=O)c1. The van der Waals surface area contributed by atoms with E-state index in [2.05, 4.69) is 25.7 Å². The van der Waals surface area contributed by atoms with E-state index in [1.807, 2.05) is 30.3 Å². The number of aliphatic hydroxyl groups is 1. The Morgan fingerprint density at radius 3 is 2.19 bits per heavy atom. The maximum Gasteiger partial charge on any atom is 0.425 e. The fraction of sp³-hybridized carbons (Fsp3) is 0.480. The normalized spacial score (nSPS) is 13.1. The van der Waals surface area contributed by atoms with Gasteiger partial charge in [0.05, 0.1) is 29.7 Å². The van der Waals surface area contributed by atoms with Gasteiger partial charge in [-0.1, -0.05) is 68.8 Å². The van der Waals surface area contributed by atoms with Gasteiger partial charge in [-0.05, 0) is 41.4 Å². The Balaban J connectivity index is 2.56. The van der Waals surface area contributed by atoms with Crippen LogP contribution >= 0.6 is 11.6 Å². The number of amides is 1. The Morgan fingerprint density at radius 2 is 1.69 bits per heavy atom. The number of carboxylic acid groups (broad SMARTS) is 1. The van der Waals surface area contributed by atoms with Gasteiger partial charge in [0.1, 0.15) is 0 Å². The molecule has 0 aliphatic heterocycles. The van der Waals surface area contributed by atoms with Crippen molar-refractivity contribution in [2.75, 3.05) is 30.3 Å². The molecule has 0 fully saturated rings. The Morgan fingerprint density at radius 1 is 1.08 bits per heavy atom. The molecular weight excluding hydrogens is 520 g/mol. The van der Waals surface area contributed by atoms with E-state index in [1.54, 1.807) is 6.07 Å². The number of halogens is 1. The summed E-state index contributed by atoms with van der Waals surface area (Å²) in [6, 6.07) is 17.3. The Hall–Kier alpha value is -1.95. The van der Waals surface area contributed by atoms with Crippen LogP contribution < -0.4 is 4.31 Å². The molecule has 1 unspecified atom stereocenters. The second-order valence-corrected chi connectivity index (χ2v) is 15.8. The lowest BCUT2D eigenvalue weighted by Gasteiger charge is -2.36. The first-order valence-electron chi connectivity index (χ1n) is 12.1. The highest BCUT2D eigenvalue weighted by Gasteiger charge is 2.34. The first kappa shape index (κ1) is 30.3. The molecule has 200 valence electrons. The number of rotatable bonds is 14. The van der Waals surface area contributed by atoms with E-state index < -0.39 is 30.5 Å². The van der Waals surface area contributed by atoms with Crippen LogP contribution in [0.5, 0.6) is 0 Å². The summed E-state index contributed by atoms with van der Waals surface area (Å²) in [6.45, 7) is 7.75. The van der Waals surface area contributed by atoms with E-state index in [0.717, 1.165) is 30.0 Å². The Bertz CT molecular complexity index is 1090. The molecular formula is C25H37ClN2O6SSi. The molecule has 0 saturated carbocycles. The van der Waals surface area contributed by atoms with Crippen molar-refractivity contribution in [1.82, 2.24) is 4.90 Å². The van der Waals surface area contributed by atoms with Crippen LogP contribution in [-0.2, 0) is 21.0 Å². The van der Waals surface area contributed by atoms with Crippen LogP contribution in [0.25, 0.3) is 0 Å². The van der Waals surface area contributed by atoms with Crippen LogP contribution in [0.15, 0.2) is 48.5 Å². The smallest absolute Gasteiger partial charge is 0.425 e. The fourth-order valence-electron chi connectivity index (χ4n) is 4.27. The summed E-state index contributed by atoms with van der Waals surface area (Å²) in [5.74, 6) is 0. The minimum atomic E-state index is -4.13. The molecule has 1 atom stereocenters. The minimum absolute atomic E-state index is 0.00630. The second-order valence-electron chi connectivity index (χ2n) is 8.82. The lowest BCUT2D eigenvalue weighted by molar-refractivity contribution is 0.104. The monoisotopic (exact) mass is 556 g/mol. The quantitative estimate of drug-likeness (QED) is 0.302. The van der Waals surface area contributed by atoms with Gasteiger partial charge in [0, 0.05) is 19.6 Å². The lowest BCUT2D eigenvalue weighted by atomic mass is 10.1. The largest absolute Gasteiger partial charge is 0.464 e. The summed E-state index contributed by atoms with van der Waals surface area (Å²) < 4.78 is 31.7. The van der Waals surface area contributed by atoms with Gasteiger partial charge in [0.25, 0.3) is 0 Å². The maximum atomic E-state index is 12.3. The molecule has 1 amide bonds. The van der Waals surface area contributed by atoms with Crippen LogP contribution in [0.1, 0.15) is 38.0 Å². The number of hydrogen-bond donors (Lipinski definition) is 2. The first-order chi connectivity index (χ1) is 17.0. The Kier molecular flexibility index (Phi) is 11.4. The van der Waals surface area contributed by atoms with Crippen molar-refractivity contribution in [3.8, 4) is 0 Å². The van der Waals surface area contributed by atoms with Crippen LogP contribution in [0.2, 0.25) is 23.2 Å². The molecule has 0 aliphatic carbocycles. The summed E-state index contributed by atoms with van der Waals surface area (Å²) in [7, 11) is -6.26. The van der Waals surface area contributed by atoms with Gasteiger partial charge in [0.15, 0.2) is 8.32 Å². The molecule has 0 saturated heterocycles. The van der Waals surface area contributed by atoms with Gasteiger partial charge in [-0.2, -0.15) is 4.31 Å². The average Bonchev–Trinajstić information content (AvgIpc) is 2.83. The molecule has 2 N–H and O–H groups in total. The van der Waals surface area contributed by atoms with Crippen molar-refractivity contribution >= 4 is 41.7 Å². The summed E-state index contributed by atoms with van der Waals surface area (Å²) in [6.07, 6.45) is -1.29. The lowest BCUT2D eigenvalue weighted by Crippen LogP contribution is -2.41. The fourth-order valence-corrected chi connectivity index (χ4v) is 8.13. The summed E-state index contributed by atoms with van der Waals surface area (Å²) in [5.41, 5.74) is 1.58. The summed E-state index contributed by atoms with van der Waals surface area (Å²) in [4.78, 5) is 13.9. The maximum absolute atomic E-state index is 12.3. The second kappa shape index (κ2) is 13.6. The van der Waals surface area contributed by atoms with Gasteiger partial charge in [-0.3, -0.25) is 4.90 Å². The molecule has 0 heterocycles. The third-order valence-electron chi connectivity index (χ3n) is 6.48. The predicted molar refractivity (Wildman–Crippen MR) is 147 cm³/mol. The molecule has 0 aromatic heterocycles. The molecule has 0 aliphatic rings. The number of benzene rings is 2. The van der Waals surface area contributed by atoms with E-state index in [-0.39, 0.29) is 21.6 Å². The highest BCUT2D eigenvalue weighted by molar-refractivity contribution is 7.92. The molecule has 11 heteroatoms.